The van der Waals surface area contributed by atoms with Gasteiger partial charge in [-0.1, -0.05) is 18.5 Å². The van der Waals surface area contributed by atoms with E-state index in [0.29, 0.717) is 17.2 Å². The van der Waals surface area contributed by atoms with Crippen LogP contribution >= 0.6 is 11.6 Å². The highest BCUT2D eigenvalue weighted by atomic mass is 35.5. The van der Waals surface area contributed by atoms with Gasteiger partial charge in [-0.2, -0.15) is 0 Å². The lowest BCUT2D eigenvalue weighted by atomic mass is 9.83. The van der Waals surface area contributed by atoms with Crippen molar-refractivity contribution in [2.24, 2.45) is 5.92 Å². The van der Waals surface area contributed by atoms with Crippen LogP contribution in [-0.4, -0.2) is 6.10 Å². The highest BCUT2D eigenvalue weighted by Crippen LogP contribution is 2.34. The quantitative estimate of drug-likeness (QED) is 0.745. The number of hydrogen-bond acceptors (Lipinski definition) is 1. The zero-order valence-electron chi connectivity index (χ0n) is 8.89. The van der Waals surface area contributed by atoms with Crippen molar-refractivity contribution in [2.45, 2.75) is 32.8 Å². The summed E-state index contributed by atoms with van der Waals surface area (Å²) in [5.74, 6) is 0.911. The normalized spacial score (nSPS) is 24.8. The van der Waals surface area contributed by atoms with Gasteiger partial charge in [0, 0.05) is 5.56 Å². The van der Waals surface area contributed by atoms with E-state index in [1.54, 1.807) is 13.0 Å². The number of ether oxygens (including phenoxy) is 1. The third-order valence-electron chi connectivity index (χ3n) is 3.11. The molecule has 15 heavy (non-hydrogen) atoms. The Kier molecular flexibility index (Phi) is 2.87. The van der Waals surface area contributed by atoms with Crippen LogP contribution in [-0.2, 0) is 0 Å². The Balaban J connectivity index is 2.18. The maximum atomic E-state index is 13.1. The number of rotatable bonds is 2. The summed E-state index contributed by atoms with van der Waals surface area (Å²) < 4.78 is 18.9. The van der Waals surface area contributed by atoms with E-state index in [9.17, 15) is 4.39 Å². The monoisotopic (exact) mass is 228 g/mol. The fraction of sp³-hybridized carbons (Fsp3) is 0.500. The molecule has 1 aromatic rings. The molecule has 0 spiro atoms. The molecule has 0 aromatic heterocycles. The zero-order valence-corrected chi connectivity index (χ0v) is 9.64. The molecule has 0 radical (unpaired) electrons. The van der Waals surface area contributed by atoms with Gasteiger partial charge in [0.25, 0.3) is 0 Å². The van der Waals surface area contributed by atoms with E-state index in [1.807, 2.05) is 0 Å². The van der Waals surface area contributed by atoms with Crippen LogP contribution in [0.3, 0.4) is 0 Å². The minimum absolute atomic E-state index is 0.166. The number of hydrogen-bond donors (Lipinski definition) is 0. The summed E-state index contributed by atoms with van der Waals surface area (Å²) in [6.07, 6.45) is 2.55. The first-order chi connectivity index (χ1) is 7.09. The van der Waals surface area contributed by atoms with Crippen molar-refractivity contribution < 1.29 is 9.13 Å². The summed E-state index contributed by atoms with van der Waals surface area (Å²) in [5.41, 5.74) is 0.691. The van der Waals surface area contributed by atoms with E-state index in [-0.39, 0.29) is 16.9 Å². The van der Waals surface area contributed by atoms with Crippen LogP contribution in [0.1, 0.15) is 25.3 Å². The summed E-state index contributed by atoms with van der Waals surface area (Å²) >= 11 is 5.81. The highest BCUT2D eigenvalue weighted by Gasteiger charge is 2.29. The largest absolute Gasteiger partial charge is 0.490 e. The maximum Gasteiger partial charge on any atom is 0.142 e. The third kappa shape index (κ3) is 1.96. The summed E-state index contributed by atoms with van der Waals surface area (Å²) in [6, 6.07) is 3.01. The van der Waals surface area contributed by atoms with Gasteiger partial charge in [0.15, 0.2) is 0 Å². The predicted molar refractivity (Wildman–Crippen MR) is 59.0 cm³/mol. The second kappa shape index (κ2) is 4.01. The first-order valence-corrected chi connectivity index (χ1v) is 5.58. The molecule has 0 saturated heterocycles. The van der Waals surface area contributed by atoms with Crippen LogP contribution in [0.5, 0.6) is 5.75 Å². The van der Waals surface area contributed by atoms with E-state index in [1.165, 1.54) is 12.5 Å². The molecule has 1 aliphatic carbocycles. The molecule has 1 unspecified atom stereocenters. The molecule has 0 N–H and O–H groups in total. The molecule has 1 aliphatic rings. The summed E-state index contributed by atoms with van der Waals surface area (Å²) in [6.45, 7) is 3.94. The molecule has 1 fully saturated rings. The Morgan fingerprint density at radius 2 is 2.13 bits per heavy atom. The van der Waals surface area contributed by atoms with Crippen molar-refractivity contribution in [1.82, 2.24) is 0 Å². The summed E-state index contributed by atoms with van der Waals surface area (Å²) in [5, 5.41) is 0.166. The lowest BCUT2D eigenvalue weighted by Gasteiger charge is -2.34. The number of halogens is 2. The van der Waals surface area contributed by atoms with Gasteiger partial charge >= 0.3 is 0 Å². The maximum absolute atomic E-state index is 13.1. The SMILES string of the molecule is Cc1c(O[C@@H]2CCC2C)ccc(F)c1Cl. The zero-order chi connectivity index (χ0) is 11.0. The van der Waals surface area contributed by atoms with Gasteiger partial charge in [0.05, 0.1) is 5.02 Å². The molecule has 3 heteroatoms. The van der Waals surface area contributed by atoms with Gasteiger partial charge < -0.3 is 4.74 Å². The van der Waals surface area contributed by atoms with E-state index < -0.39 is 0 Å². The molecule has 0 bridgehead atoms. The molecule has 0 heterocycles. The van der Waals surface area contributed by atoms with E-state index >= 15 is 0 Å². The van der Waals surface area contributed by atoms with Crippen LogP contribution < -0.4 is 4.74 Å². The first kappa shape index (κ1) is 10.7. The average Bonchev–Trinajstić information content (AvgIpc) is 2.23. The van der Waals surface area contributed by atoms with Gasteiger partial charge in [0.2, 0.25) is 0 Å². The van der Waals surface area contributed by atoms with Crippen LogP contribution in [0.25, 0.3) is 0 Å². The van der Waals surface area contributed by atoms with Gasteiger partial charge in [0.1, 0.15) is 17.7 Å². The number of benzene rings is 1. The summed E-state index contributed by atoms with van der Waals surface area (Å²) in [7, 11) is 0. The lowest BCUT2D eigenvalue weighted by Crippen LogP contribution is -2.34. The third-order valence-corrected chi connectivity index (χ3v) is 3.57. The van der Waals surface area contributed by atoms with Crippen LogP contribution in [0, 0.1) is 18.7 Å². The smallest absolute Gasteiger partial charge is 0.142 e. The molecule has 2 rings (SSSR count). The second-order valence-electron chi connectivity index (χ2n) is 4.20. The molecule has 2 atom stereocenters. The van der Waals surface area contributed by atoms with Crippen molar-refractivity contribution in [3.05, 3.63) is 28.5 Å². The Morgan fingerprint density at radius 1 is 1.40 bits per heavy atom. The Bertz CT molecular complexity index is 378. The lowest BCUT2D eigenvalue weighted by molar-refractivity contribution is 0.0570. The Hall–Kier alpha value is -0.760. The van der Waals surface area contributed by atoms with Crippen LogP contribution in [0.15, 0.2) is 12.1 Å². The van der Waals surface area contributed by atoms with Crippen LogP contribution in [0.4, 0.5) is 4.39 Å². The summed E-state index contributed by atoms with van der Waals surface area (Å²) in [4.78, 5) is 0. The van der Waals surface area contributed by atoms with Gasteiger partial charge in [-0.05, 0) is 37.8 Å². The Labute approximate surface area is 94.2 Å². The van der Waals surface area contributed by atoms with Crippen molar-refractivity contribution in [3.63, 3.8) is 0 Å². The average molecular weight is 229 g/mol. The predicted octanol–water partition coefficient (Wildman–Crippen LogP) is 3.96. The molecule has 82 valence electrons. The van der Waals surface area contributed by atoms with Crippen molar-refractivity contribution in [3.8, 4) is 5.75 Å². The van der Waals surface area contributed by atoms with E-state index in [4.69, 9.17) is 16.3 Å². The van der Waals surface area contributed by atoms with Crippen LogP contribution in [0.2, 0.25) is 5.02 Å². The second-order valence-corrected chi connectivity index (χ2v) is 4.57. The molecular weight excluding hydrogens is 215 g/mol. The van der Waals surface area contributed by atoms with Crippen molar-refractivity contribution >= 4 is 11.6 Å². The molecule has 1 aromatic carbocycles. The fourth-order valence-corrected chi connectivity index (χ4v) is 1.89. The highest BCUT2D eigenvalue weighted by molar-refractivity contribution is 6.31. The van der Waals surface area contributed by atoms with E-state index in [0.717, 1.165) is 6.42 Å². The van der Waals surface area contributed by atoms with Gasteiger partial charge in [-0.15, -0.1) is 0 Å². The van der Waals surface area contributed by atoms with Crippen molar-refractivity contribution in [2.75, 3.05) is 0 Å². The molecule has 1 nitrogen and oxygen atoms in total. The standard InChI is InChI=1S/C12H14ClFO/c1-7-3-5-10(7)15-11-6-4-9(14)12(13)8(11)2/h4,6-7,10H,3,5H2,1-2H3/t7?,10-/m1/s1. The molecule has 0 amide bonds. The van der Waals surface area contributed by atoms with Gasteiger partial charge in [-0.3, -0.25) is 0 Å². The molecule has 0 aliphatic heterocycles. The van der Waals surface area contributed by atoms with Crippen molar-refractivity contribution in [1.29, 1.82) is 0 Å². The minimum atomic E-state index is -0.386. The Morgan fingerprint density at radius 3 is 2.67 bits per heavy atom. The fourth-order valence-electron chi connectivity index (χ4n) is 1.74. The molecule has 1 saturated carbocycles. The molecular formula is C12H14ClFO. The topological polar surface area (TPSA) is 9.23 Å². The minimum Gasteiger partial charge on any atom is -0.490 e. The van der Waals surface area contributed by atoms with Gasteiger partial charge in [-0.25, -0.2) is 4.39 Å². The van der Waals surface area contributed by atoms with E-state index in [2.05, 4.69) is 6.92 Å². The first-order valence-electron chi connectivity index (χ1n) is 5.21.